The Morgan fingerprint density at radius 2 is 1.82 bits per heavy atom. The number of hydrogen-bond donors (Lipinski definition) is 1. The minimum Gasteiger partial charge on any atom is -0.490 e. The fourth-order valence-electron chi connectivity index (χ4n) is 4.03. The molecule has 0 radical (unpaired) electrons. The lowest BCUT2D eigenvalue weighted by molar-refractivity contribution is -0.119. The molecule has 0 spiro atoms. The molecule has 1 amide bonds. The van der Waals surface area contributed by atoms with Crippen molar-refractivity contribution in [3.63, 3.8) is 0 Å². The maximum absolute atomic E-state index is 13.3. The number of fused-ring (bicyclic) bond motifs is 2. The summed E-state index contributed by atoms with van der Waals surface area (Å²) in [6, 6.07) is 11.0. The number of rotatable bonds is 5. The van der Waals surface area contributed by atoms with E-state index in [-0.39, 0.29) is 11.5 Å². The van der Waals surface area contributed by atoms with Gasteiger partial charge in [-0.05, 0) is 55.7 Å². The van der Waals surface area contributed by atoms with Gasteiger partial charge in [0.15, 0.2) is 23.8 Å². The number of nitrogens with one attached hydrogen (secondary N) is 1. The van der Waals surface area contributed by atoms with Crippen LogP contribution in [0.1, 0.15) is 34.6 Å². The van der Waals surface area contributed by atoms with Crippen LogP contribution in [0.4, 0.5) is 10.1 Å². The van der Waals surface area contributed by atoms with E-state index in [9.17, 15) is 14.0 Å². The van der Waals surface area contributed by atoms with Crippen molar-refractivity contribution in [3.8, 4) is 17.2 Å². The van der Waals surface area contributed by atoms with E-state index in [2.05, 4.69) is 10.4 Å². The molecule has 2 aromatic carbocycles. The van der Waals surface area contributed by atoms with E-state index in [1.54, 1.807) is 35.0 Å². The fraction of sp³-hybridized carbons (Fsp3) is 0.292. The molecule has 33 heavy (non-hydrogen) atoms. The SMILES string of the molecule is O=C(COC(=O)c1nn(-c2ccc(F)cc2)c2c1CCC2)Nc1ccc2c(c1)OCCCO2. The van der Waals surface area contributed by atoms with Crippen molar-refractivity contribution in [2.24, 2.45) is 0 Å². The second-order valence-electron chi connectivity index (χ2n) is 7.85. The third-order valence-electron chi connectivity index (χ3n) is 5.56. The standard InChI is InChI=1S/C24H22FN3O5/c25-15-5-8-17(9-6-15)28-19-4-1-3-18(19)23(27-28)24(30)33-14-22(29)26-16-7-10-20-21(13-16)32-12-2-11-31-20/h5-10,13H,1-4,11-12,14H2,(H,26,29). The second-order valence-corrected chi connectivity index (χ2v) is 7.85. The van der Waals surface area contributed by atoms with Crippen LogP contribution in [-0.2, 0) is 22.4 Å². The van der Waals surface area contributed by atoms with Gasteiger partial charge in [0.25, 0.3) is 5.91 Å². The van der Waals surface area contributed by atoms with Crippen LogP contribution in [0.25, 0.3) is 5.69 Å². The van der Waals surface area contributed by atoms with Gasteiger partial charge in [0.2, 0.25) is 0 Å². The largest absolute Gasteiger partial charge is 0.490 e. The third kappa shape index (κ3) is 4.39. The molecule has 170 valence electrons. The zero-order valence-corrected chi connectivity index (χ0v) is 17.8. The van der Waals surface area contributed by atoms with Crippen LogP contribution in [0.3, 0.4) is 0 Å². The smallest absolute Gasteiger partial charge is 0.359 e. The first-order chi connectivity index (χ1) is 16.1. The Morgan fingerprint density at radius 1 is 1.03 bits per heavy atom. The predicted octanol–water partition coefficient (Wildman–Crippen LogP) is 3.46. The molecular formula is C24H22FN3O5. The first-order valence-corrected chi connectivity index (χ1v) is 10.8. The van der Waals surface area contributed by atoms with E-state index in [4.69, 9.17) is 14.2 Å². The van der Waals surface area contributed by atoms with Crippen molar-refractivity contribution < 1.29 is 28.2 Å². The van der Waals surface area contributed by atoms with Crippen molar-refractivity contribution in [3.05, 3.63) is 65.2 Å². The molecule has 2 heterocycles. The molecule has 9 heteroatoms. The first-order valence-electron chi connectivity index (χ1n) is 10.8. The normalized spacial score (nSPS) is 14.3. The number of benzene rings is 2. The number of anilines is 1. The molecule has 3 aromatic rings. The highest BCUT2D eigenvalue weighted by atomic mass is 19.1. The van der Waals surface area contributed by atoms with Crippen molar-refractivity contribution in [1.29, 1.82) is 0 Å². The van der Waals surface area contributed by atoms with Crippen LogP contribution in [0.15, 0.2) is 42.5 Å². The lowest BCUT2D eigenvalue weighted by Crippen LogP contribution is -2.21. The number of amides is 1. The molecule has 0 fully saturated rings. The second kappa shape index (κ2) is 8.93. The lowest BCUT2D eigenvalue weighted by Gasteiger charge is -2.10. The Morgan fingerprint density at radius 3 is 2.64 bits per heavy atom. The molecule has 1 aliphatic carbocycles. The van der Waals surface area contributed by atoms with Crippen molar-refractivity contribution in [2.45, 2.75) is 25.7 Å². The van der Waals surface area contributed by atoms with Gasteiger partial charge in [-0.25, -0.2) is 13.9 Å². The van der Waals surface area contributed by atoms with Gasteiger partial charge in [0, 0.05) is 29.4 Å². The van der Waals surface area contributed by atoms with E-state index < -0.39 is 18.5 Å². The first kappa shape index (κ1) is 21.0. The molecule has 0 unspecified atom stereocenters. The summed E-state index contributed by atoms with van der Waals surface area (Å²) in [6.07, 6.45) is 3.13. The summed E-state index contributed by atoms with van der Waals surface area (Å²) in [7, 11) is 0. The molecule has 0 saturated carbocycles. The molecule has 5 rings (SSSR count). The zero-order valence-electron chi connectivity index (χ0n) is 17.8. The molecule has 1 aliphatic heterocycles. The summed E-state index contributed by atoms with van der Waals surface area (Å²) in [5, 5.41) is 7.10. The van der Waals surface area contributed by atoms with Crippen LogP contribution in [-0.4, -0.2) is 41.5 Å². The highest BCUT2D eigenvalue weighted by Crippen LogP contribution is 2.32. The molecule has 0 atom stereocenters. The monoisotopic (exact) mass is 451 g/mol. The molecule has 8 nitrogen and oxygen atoms in total. The van der Waals surface area contributed by atoms with Gasteiger partial charge >= 0.3 is 5.97 Å². The number of hydrogen-bond acceptors (Lipinski definition) is 6. The number of ether oxygens (including phenoxy) is 3. The summed E-state index contributed by atoms with van der Waals surface area (Å²) in [5.74, 6) is -0.302. The van der Waals surface area contributed by atoms with Crippen LogP contribution < -0.4 is 14.8 Å². The maximum Gasteiger partial charge on any atom is 0.359 e. The van der Waals surface area contributed by atoms with Gasteiger partial charge in [0.1, 0.15) is 5.82 Å². The number of esters is 1. The van der Waals surface area contributed by atoms with Gasteiger partial charge in [-0.3, -0.25) is 4.79 Å². The van der Waals surface area contributed by atoms with E-state index >= 15 is 0 Å². The lowest BCUT2D eigenvalue weighted by atomic mass is 10.2. The minimum atomic E-state index is -0.664. The molecule has 0 saturated heterocycles. The summed E-state index contributed by atoms with van der Waals surface area (Å²) in [5.41, 5.74) is 3.09. The minimum absolute atomic E-state index is 0.190. The summed E-state index contributed by atoms with van der Waals surface area (Å²) in [4.78, 5) is 25.1. The van der Waals surface area contributed by atoms with Crippen molar-refractivity contribution in [1.82, 2.24) is 9.78 Å². The van der Waals surface area contributed by atoms with Crippen molar-refractivity contribution in [2.75, 3.05) is 25.1 Å². The maximum atomic E-state index is 13.3. The van der Waals surface area contributed by atoms with E-state index in [0.717, 1.165) is 30.5 Å². The summed E-state index contributed by atoms with van der Waals surface area (Å²) in [6.45, 7) is 0.664. The Bertz CT molecular complexity index is 1210. The Balaban J connectivity index is 1.25. The topological polar surface area (TPSA) is 91.7 Å². The molecule has 1 aromatic heterocycles. The molecule has 0 bridgehead atoms. The van der Waals surface area contributed by atoms with E-state index in [1.807, 2.05) is 0 Å². The highest BCUT2D eigenvalue weighted by molar-refractivity contribution is 5.95. The average Bonchev–Trinajstić information content (AvgIpc) is 3.34. The van der Waals surface area contributed by atoms with Crippen LogP contribution in [0.5, 0.6) is 11.5 Å². The van der Waals surface area contributed by atoms with Crippen LogP contribution >= 0.6 is 0 Å². The number of carbonyl (C=O) groups is 2. The van der Waals surface area contributed by atoms with Gasteiger partial charge < -0.3 is 19.5 Å². The molecule has 2 aliphatic rings. The van der Waals surface area contributed by atoms with Gasteiger partial charge in [-0.1, -0.05) is 0 Å². The summed E-state index contributed by atoms with van der Waals surface area (Å²) >= 11 is 0. The van der Waals surface area contributed by atoms with Crippen molar-refractivity contribution >= 4 is 17.6 Å². The summed E-state index contributed by atoms with van der Waals surface area (Å²) < 4.78 is 31.4. The van der Waals surface area contributed by atoms with E-state index in [1.165, 1.54) is 12.1 Å². The number of halogens is 1. The van der Waals surface area contributed by atoms with Gasteiger partial charge in [-0.15, -0.1) is 0 Å². The predicted molar refractivity (Wildman–Crippen MR) is 117 cm³/mol. The zero-order chi connectivity index (χ0) is 22.8. The molecule has 1 N–H and O–H groups in total. The Labute approximate surface area is 189 Å². The van der Waals surface area contributed by atoms with E-state index in [0.29, 0.717) is 42.5 Å². The third-order valence-corrected chi connectivity index (χ3v) is 5.56. The highest BCUT2D eigenvalue weighted by Gasteiger charge is 2.28. The average molecular weight is 451 g/mol. The quantitative estimate of drug-likeness (QED) is 0.598. The number of carbonyl (C=O) groups excluding carboxylic acids is 2. The van der Waals surface area contributed by atoms with Crippen LogP contribution in [0, 0.1) is 5.82 Å². The number of nitrogens with zero attached hydrogens (tertiary/aromatic N) is 2. The Hall–Kier alpha value is -3.88. The number of aromatic nitrogens is 2. The van der Waals surface area contributed by atoms with Crippen LogP contribution in [0.2, 0.25) is 0 Å². The Kier molecular flexibility index (Phi) is 5.68. The molecular weight excluding hydrogens is 429 g/mol. The fourth-order valence-corrected chi connectivity index (χ4v) is 4.03. The van der Waals surface area contributed by atoms with Gasteiger partial charge in [0.05, 0.1) is 18.9 Å². The van der Waals surface area contributed by atoms with Gasteiger partial charge in [-0.2, -0.15) is 5.10 Å².